The number of allylic oxidation sites excluding steroid dienone is 2. The van der Waals surface area contributed by atoms with Crippen LogP contribution in [0.1, 0.15) is 36.8 Å². The third-order valence-electron chi connectivity index (χ3n) is 5.08. The third-order valence-corrected chi connectivity index (χ3v) is 5.08. The Hall–Kier alpha value is -2.12. The molecule has 0 radical (unpaired) electrons. The average Bonchev–Trinajstić information content (AvgIpc) is 2.72. The molecule has 0 saturated heterocycles. The van der Waals surface area contributed by atoms with E-state index in [2.05, 4.69) is 86.0 Å². The van der Waals surface area contributed by atoms with Crippen LogP contribution in [0.5, 0.6) is 0 Å². The Morgan fingerprint density at radius 1 is 0.667 bits per heavy atom. The predicted octanol–water partition coefficient (Wildman–Crippen LogP) is 6.65. The zero-order chi connectivity index (χ0) is 19.2. The summed E-state index contributed by atoms with van der Waals surface area (Å²) < 4.78 is 5.86. The molecule has 2 unspecified atom stereocenters. The summed E-state index contributed by atoms with van der Waals surface area (Å²) in [6, 6.07) is 21.3. The molecule has 0 bridgehead atoms. The zero-order valence-corrected chi connectivity index (χ0v) is 16.6. The molecule has 2 rings (SSSR count). The second-order valence-electron chi connectivity index (χ2n) is 7.27. The smallest absolute Gasteiger partial charge is 0.0466 e. The molecule has 0 fully saturated rings. The molecule has 0 aliphatic carbocycles. The van der Waals surface area contributed by atoms with Crippen molar-refractivity contribution in [1.29, 1.82) is 0 Å². The van der Waals surface area contributed by atoms with Crippen molar-refractivity contribution in [2.45, 2.75) is 38.5 Å². The first-order chi connectivity index (χ1) is 13.3. The molecule has 0 aromatic heterocycles. The number of benzene rings is 2. The fourth-order valence-electron chi connectivity index (χ4n) is 3.44. The number of rotatable bonds is 14. The standard InChI is InChI=1S/C26H34O/c1-3-23(21-25-13-7-5-8-14-25)17-11-19-27-20-12-18-24(4-2)22-26-15-9-6-10-16-26/h3-10,13-16,23-24H,1-2,11-12,17-22H2. The van der Waals surface area contributed by atoms with Crippen LogP contribution in [-0.4, -0.2) is 13.2 Å². The normalized spacial score (nSPS) is 13.0. The van der Waals surface area contributed by atoms with Gasteiger partial charge < -0.3 is 4.74 Å². The van der Waals surface area contributed by atoms with Gasteiger partial charge in [-0.15, -0.1) is 13.2 Å². The highest BCUT2D eigenvalue weighted by molar-refractivity contribution is 5.16. The van der Waals surface area contributed by atoms with Gasteiger partial charge in [-0.3, -0.25) is 0 Å². The lowest BCUT2D eigenvalue weighted by atomic mass is 9.95. The van der Waals surface area contributed by atoms with Gasteiger partial charge in [-0.1, -0.05) is 72.8 Å². The molecule has 0 aliphatic rings. The summed E-state index contributed by atoms with van der Waals surface area (Å²) in [7, 11) is 0. The van der Waals surface area contributed by atoms with Gasteiger partial charge in [0, 0.05) is 13.2 Å². The quantitative estimate of drug-likeness (QED) is 0.270. The van der Waals surface area contributed by atoms with Crippen LogP contribution >= 0.6 is 0 Å². The molecule has 1 heteroatoms. The summed E-state index contributed by atoms with van der Waals surface area (Å²) in [6.07, 6.45) is 10.8. The van der Waals surface area contributed by atoms with Gasteiger partial charge in [-0.05, 0) is 61.5 Å². The average molecular weight is 363 g/mol. The number of ether oxygens (including phenoxy) is 1. The van der Waals surface area contributed by atoms with Gasteiger partial charge in [-0.2, -0.15) is 0 Å². The Morgan fingerprint density at radius 2 is 1.07 bits per heavy atom. The highest BCUT2D eigenvalue weighted by Crippen LogP contribution is 2.17. The van der Waals surface area contributed by atoms with Crippen molar-refractivity contribution in [3.63, 3.8) is 0 Å². The van der Waals surface area contributed by atoms with Gasteiger partial charge in [0.15, 0.2) is 0 Å². The fourth-order valence-corrected chi connectivity index (χ4v) is 3.44. The third kappa shape index (κ3) is 8.88. The summed E-state index contributed by atoms with van der Waals surface area (Å²) in [4.78, 5) is 0. The van der Waals surface area contributed by atoms with Crippen molar-refractivity contribution in [3.05, 3.63) is 97.1 Å². The van der Waals surface area contributed by atoms with Crippen LogP contribution in [0.3, 0.4) is 0 Å². The SMILES string of the molecule is C=CC(CCCOCCCC(C=C)Cc1ccccc1)Cc1ccccc1. The van der Waals surface area contributed by atoms with E-state index in [4.69, 9.17) is 4.74 Å². The minimum atomic E-state index is 0.534. The Kier molecular flexibility index (Phi) is 10.3. The van der Waals surface area contributed by atoms with Crippen molar-refractivity contribution in [1.82, 2.24) is 0 Å². The van der Waals surface area contributed by atoms with Crippen LogP contribution in [0.4, 0.5) is 0 Å². The summed E-state index contributed by atoms with van der Waals surface area (Å²) >= 11 is 0. The molecule has 0 N–H and O–H groups in total. The Labute approximate surface area is 165 Å². The lowest BCUT2D eigenvalue weighted by Crippen LogP contribution is -2.06. The van der Waals surface area contributed by atoms with E-state index in [1.54, 1.807) is 0 Å². The second-order valence-corrected chi connectivity index (χ2v) is 7.27. The van der Waals surface area contributed by atoms with Gasteiger partial charge in [0.25, 0.3) is 0 Å². The van der Waals surface area contributed by atoms with Crippen molar-refractivity contribution in [2.24, 2.45) is 11.8 Å². The molecular formula is C26H34O. The van der Waals surface area contributed by atoms with E-state index >= 15 is 0 Å². The molecule has 2 atom stereocenters. The van der Waals surface area contributed by atoms with Crippen LogP contribution in [0.25, 0.3) is 0 Å². The molecule has 0 saturated carbocycles. The molecule has 0 aliphatic heterocycles. The predicted molar refractivity (Wildman–Crippen MR) is 117 cm³/mol. The van der Waals surface area contributed by atoms with Gasteiger partial charge in [0.1, 0.15) is 0 Å². The van der Waals surface area contributed by atoms with E-state index in [1.807, 2.05) is 0 Å². The molecule has 1 nitrogen and oxygen atoms in total. The van der Waals surface area contributed by atoms with Gasteiger partial charge in [-0.25, -0.2) is 0 Å². The van der Waals surface area contributed by atoms with Crippen molar-refractivity contribution in [2.75, 3.05) is 13.2 Å². The lowest BCUT2D eigenvalue weighted by molar-refractivity contribution is 0.122. The van der Waals surface area contributed by atoms with Crippen LogP contribution in [0.2, 0.25) is 0 Å². The topological polar surface area (TPSA) is 9.23 Å². The van der Waals surface area contributed by atoms with Crippen LogP contribution in [0, 0.1) is 11.8 Å². The number of hydrogen-bond donors (Lipinski definition) is 0. The van der Waals surface area contributed by atoms with E-state index in [9.17, 15) is 0 Å². The van der Waals surface area contributed by atoms with E-state index in [0.717, 1.165) is 51.7 Å². The van der Waals surface area contributed by atoms with Crippen LogP contribution in [-0.2, 0) is 17.6 Å². The summed E-state index contributed by atoms with van der Waals surface area (Å²) in [5.74, 6) is 1.07. The minimum absolute atomic E-state index is 0.534. The van der Waals surface area contributed by atoms with E-state index in [1.165, 1.54) is 11.1 Å². The maximum absolute atomic E-state index is 5.86. The highest BCUT2D eigenvalue weighted by Gasteiger charge is 2.07. The van der Waals surface area contributed by atoms with Crippen molar-refractivity contribution < 1.29 is 4.74 Å². The maximum atomic E-state index is 5.86. The van der Waals surface area contributed by atoms with E-state index < -0.39 is 0 Å². The summed E-state index contributed by atoms with van der Waals surface area (Å²) in [5.41, 5.74) is 2.77. The van der Waals surface area contributed by atoms with E-state index in [-0.39, 0.29) is 0 Å². The van der Waals surface area contributed by atoms with E-state index in [0.29, 0.717) is 11.8 Å². The Balaban J connectivity index is 1.54. The minimum Gasteiger partial charge on any atom is -0.381 e. The zero-order valence-electron chi connectivity index (χ0n) is 16.6. The molecule has 0 spiro atoms. The second kappa shape index (κ2) is 13.1. The molecule has 2 aromatic rings. The molecule has 2 aromatic carbocycles. The largest absolute Gasteiger partial charge is 0.381 e. The Morgan fingerprint density at radius 3 is 1.44 bits per heavy atom. The van der Waals surface area contributed by atoms with Gasteiger partial charge in [0.05, 0.1) is 0 Å². The lowest BCUT2D eigenvalue weighted by Gasteiger charge is -2.14. The van der Waals surface area contributed by atoms with Crippen molar-refractivity contribution in [3.8, 4) is 0 Å². The van der Waals surface area contributed by atoms with Crippen LogP contribution in [0.15, 0.2) is 86.0 Å². The Bertz CT molecular complexity index is 574. The van der Waals surface area contributed by atoms with Gasteiger partial charge in [0.2, 0.25) is 0 Å². The molecular weight excluding hydrogens is 328 g/mol. The molecule has 144 valence electrons. The van der Waals surface area contributed by atoms with Gasteiger partial charge >= 0.3 is 0 Å². The first kappa shape index (κ1) is 21.2. The van der Waals surface area contributed by atoms with Crippen molar-refractivity contribution >= 4 is 0 Å². The molecule has 0 heterocycles. The first-order valence-corrected chi connectivity index (χ1v) is 10.2. The monoisotopic (exact) mass is 362 g/mol. The van der Waals surface area contributed by atoms with Crippen LogP contribution < -0.4 is 0 Å². The fraction of sp³-hybridized carbons (Fsp3) is 0.385. The molecule has 0 amide bonds. The summed E-state index contributed by atoms with van der Waals surface area (Å²) in [6.45, 7) is 9.68. The molecule has 27 heavy (non-hydrogen) atoms. The number of hydrogen-bond acceptors (Lipinski definition) is 1. The maximum Gasteiger partial charge on any atom is 0.0466 e. The first-order valence-electron chi connectivity index (χ1n) is 10.2. The summed E-state index contributed by atoms with van der Waals surface area (Å²) in [5, 5.41) is 0. The highest BCUT2D eigenvalue weighted by atomic mass is 16.5.